The summed E-state index contributed by atoms with van der Waals surface area (Å²) < 4.78 is 17.0. The number of carbonyl (C=O) groups is 3. The number of ether oxygens (including phenoxy) is 3. The van der Waals surface area contributed by atoms with Gasteiger partial charge in [-0.05, 0) is 44.9 Å². The van der Waals surface area contributed by atoms with Crippen molar-refractivity contribution < 1.29 is 28.6 Å². The van der Waals surface area contributed by atoms with E-state index in [0.29, 0.717) is 19.3 Å². The quantitative estimate of drug-likeness (QED) is 0.0261. The number of hydrogen-bond acceptors (Lipinski definition) is 6. The molecule has 0 aromatic carbocycles. The number of unbranched alkanes of at least 4 members (excludes halogenated alkanes) is 58. The molecule has 0 saturated heterocycles. The molecule has 0 N–H and O–H groups in total. The van der Waals surface area contributed by atoms with Crippen molar-refractivity contribution in [1.82, 2.24) is 0 Å². The van der Waals surface area contributed by atoms with Gasteiger partial charge in [-0.2, -0.15) is 0 Å². The van der Waals surface area contributed by atoms with Crippen LogP contribution in [-0.2, 0) is 28.6 Å². The maximum atomic E-state index is 13.0. The van der Waals surface area contributed by atoms with Crippen molar-refractivity contribution in [3.05, 3.63) is 12.2 Å². The Balaban J connectivity index is 4.16. The number of allylic oxidation sites excluding steroid dienone is 2. The molecule has 6 nitrogen and oxygen atoms in total. The Labute approximate surface area is 513 Å². The van der Waals surface area contributed by atoms with Gasteiger partial charge in [-0.25, -0.2) is 0 Å². The molecule has 486 valence electrons. The summed E-state index contributed by atoms with van der Waals surface area (Å²) in [5.41, 5.74) is 0. The van der Waals surface area contributed by atoms with Crippen LogP contribution in [0.25, 0.3) is 0 Å². The van der Waals surface area contributed by atoms with Crippen LogP contribution in [0.5, 0.6) is 0 Å². The van der Waals surface area contributed by atoms with Crippen LogP contribution in [0.4, 0.5) is 0 Å². The van der Waals surface area contributed by atoms with Crippen molar-refractivity contribution in [2.45, 2.75) is 444 Å². The van der Waals surface area contributed by atoms with E-state index in [2.05, 4.69) is 32.9 Å². The molecule has 0 saturated carbocycles. The van der Waals surface area contributed by atoms with Crippen molar-refractivity contribution in [3.63, 3.8) is 0 Å². The zero-order chi connectivity index (χ0) is 59.2. The second-order valence-electron chi connectivity index (χ2n) is 25.9. The minimum Gasteiger partial charge on any atom is -0.462 e. The Kier molecular flexibility index (Phi) is 70.0. The van der Waals surface area contributed by atoms with E-state index < -0.39 is 6.10 Å². The molecular weight excluding hydrogens is 1010 g/mol. The van der Waals surface area contributed by atoms with E-state index in [-0.39, 0.29) is 31.1 Å². The molecule has 0 fully saturated rings. The molecule has 0 aliphatic carbocycles. The number of carbonyl (C=O) groups excluding carboxylic acids is 3. The maximum absolute atomic E-state index is 13.0. The highest BCUT2D eigenvalue weighted by atomic mass is 16.6. The Hall–Kier alpha value is -1.85. The topological polar surface area (TPSA) is 78.9 Å². The monoisotopic (exact) mass is 1160 g/mol. The summed E-state index contributed by atoms with van der Waals surface area (Å²) in [4.78, 5) is 38.5. The summed E-state index contributed by atoms with van der Waals surface area (Å²) in [6, 6.07) is 0. The average molecular weight is 1160 g/mol. The van der Waals surface area contributed by atoms with Gasteiger partial charge in [0.05, 0.1) is 0 Å². The molecule has 0 rings (SSSR count). The minimum absolute atomic E-state index is 0.0629. The standard InChI is InChI=1S/C76H146O6/c1-4-7-10-13-16-19-22-25-27-29-31-33-35-36-37-38-39-41-42-44-46-48-51-54-57-60-63-66-69-75(78)81-72-73(71-80-74(77)68-65-62-59-56-53-50-24-21-18-15-12-9-6-3)82-76(79)70-67-64-61-58-55-52-49-47-45-43-40-34-32-30-28-26-23-20-17-14-11-8-5-2/h30,32,73H,4-29,31,33-72H2,1-3H3/b32-30-. The fraction of sp³-hybridized carbons (Fsp3) is 0.934. The third-order valence-corrected chi connectivity index (χ3v) is 17.5. The Morgan fingerprint density at radius 2 is 0.402 bits per heavy atom. The van der Waals surface area contributed by atoms with Crippen LogP contribution in [-0.4, -0.2) is 37.2 Å². The molecule has 1 unspecified atom stereocenters. The van der Waals surface area contributed by atoms with Gasteiger partial charge in [-0.3, -0.25) is 14.4 Å². The second kappa shape index (κ2) is 71.6. The molecule has 0 bridgehead atoms. The molecule has 0 spiro atoms. The highest BCUT2D eigenvalue weighted by Crippen LogP contribution is 2.20. The molecular formula is C76H146O6. The van der Waals surface area contributed by atoms with Crippen LogP contribution in [0.3, 0.4) is 0 Å². The molecule has 0 aliphatic heterocycles. The summed E-state index contributed by atoms with van der Waals surface area (Å²) >= 11 is 0. The van der Waals surface area contributed by atoms with Crippen LogP contribution in [0.2, 0.25) is 0 Å². The zero-order valence-corrected chi connectivity index (χ0v) is 56.1. The second-order valence-corrected chi connectivity index (χ2v) is 25.9. The van der Waals surface area contributed by atoms with Crippen LogP contribution in [0, 0.1) is 0 Å². The normalized spacial score (nSPS) is 12.0. The van der Waals surface area contributed by atoms with Gasteiger partial charge >= 0.3 is 17.9 Å². The predicted octanol–water partition coefficient (Wildman–Crippen LogP) is 26.0. The lowest BCUT2D eigenvalue weighted by atomic mass is 10.0. The molecule has 82 heavy (non-hydrogen) atoms. The van der Waals surface area contributed by atoms with Gasteiger partial charge in [-0.1, -0.05) is 386 Å². The van der Waals surface area contributed by atoms with Gasteiger partial charge in [0.15, 0.2) is 6.10 Å². The third kappa shape index (κ3) is 68.9. The summed E-state index contributed by atoms with van der Waals surface area (Å²) in [6.07, 6.45) is 86.9. The van der Waals surface area contributed by atoms with Crippen molar-refractivity contribution in [2.75, 3.05) is 13.2 Å². The number of hydrogen-bond donors (Lipinski definition) is 0. The summed E-state index contributed by atoms with van der Waals surface area (Å²) in [5.74, 6) is -0.826. The van der Waals surface area contributed by atoms with Gasteiger partial charge in [0, 0.05) is 19.3 Å². The fourth-order valence-electron chi connectivity index (χ4n) is 11.9. The average Bonchev–Trinajstić information content (AvgIpc) is 3.47. The zero-order valence-electron chi connectivity index (χ0n) is 56.1. The molecule has 0 aromatic rings. The molecule has 6 heteroatoms. The first-order valence-electron chi connectivity index (χ1n) is 37.7. The first kappa shape index (κ1) is 80.2. The highest BCUT2D eigenvalue weighted by Gasteiger charge is 2.20. The van der Waals surface area contributed by atoms with Crippen molar-refractivity contribution >= 4 is 17.9 Å². The van der Waals surface area contributed by atoms with E-state index in [1.165, 1.54) is 340 Å². The van der Waals surface area contributed by atoms with E-state index >= 15 is 0 Å². The van der Waals surface area contributed by atoms with E-state index in [0.717, 1.165) is 57.8 Å². The molecule has 0 radical (unpaired) electrons. The first-order chi connectivity index (χ1) is 40.5. The Morgan fingerprint density at radius 3 is 0.610 bits per heavy atom. The van der Waals surface area contributed by atoms with E-state index in [1.807, 2.05) is 0 Å². The van der Waals surface area contributed by atoms with Gasteiger partial charge in [0.1, 0.15) is 13.2 Å². The largest absolute Gasteiger partial charge is 0.462 e. The van der Waals surface area contributed by atoms with Crippen LogP contribution >= 0.6 is 0 Å². The number of rotatable bonds is 71. The van der Waals surface area contributed by atoms with Crippen molar-refractivity contribution in [1.29, 1.82) is 0 Å². The van der Waals surface area contributed by atoms with Crippen LogP contribution in [0.15, 0.2) is 12.2 Å². The van der Waals surface area contributed by atoms with Crippen LogP contribution in [0.1, 0.15) is 438 Å². The Morgan fingerprint density at radius 1 is 0.232 bits per heavy atom. The lowest BCUT2D eigenvalue weighted by molar-refractivity contribution is -0.167. The molecule has 0 aliphatic rings. The van der Waals surface area contributed by atoms with Gasteiger partial charge in [0.2, 0.25) is 0 Å². The van der Waals surface area contributed by atoms with Crippen LogP contribution < -0.4 is 0 Å². The smallest absolute Gasteiger partial charge is 0.306 e. The molecule has 0 aromatic heterocycles. The summed E-state index contributed by atoms with van der Waals surface area (Å²) in [6.45, 7) is 6.74. The van der Waals surface area contributed by atoms with Crippen molar-refractivity contribution in [3.8, 4) is 0 Å². The van der Waals surface area contributed by atoms with Crippen molar-refractivity contribution in [2.24, 2.45) is 0 Å². The van der Waals surface area contributed by atoms with E-state index in [9.17, 15) is 14.4 Å². The minimum atomic E-state index is -0.767. The van der Waals surface area contributed by atoms with Gasteiger partial charge < -0.3 is 14.2 Å². The lowest BCUT2D eigenvalue weighted by Gasteiger charge is -2.18. The maximum Gasteiger partial charge on any atom is 0.306 e. The van der Waals surface area contributed by atoms with Gasteiger partial charge in [-0.15, -0.1) is 0 Å². The summed E-state index contributed by atoms with van der Waals surface area (Å²) in [5, 5.41) is 0. The molecule has 1 atom stereocenters. The Bertz CT molecular complexity index is 1280. The fourth-order valence-corrected chi connectivity index (χ4v) is 11.9. The SMILES string of the molecule is CCCCCCCCCC/C=C\CCCCCCCCCCCCCC(=O)OC(COC(=O)CCCCCCCCCCCCCCC)COC(=O)CCCCCCCCCCCCCCCCCCCCCCCCCCCCCC. The first-order valence-corrected chi connectivity index (χ1v) is 37.7. The van der Waals surface area contributed by atoms with E-state index in [1.54, 1.807) is 0 Å². The lowest BCUT2D eigenvalue weighted by Crippen LogP contribution is -2.30. The number of esters is 3. The molecule has 0 heterocycles. The van der Waals surface area contributed by atoms with E-state index in [4.69, 9.17) is 14.2 Å². The molecule has 0 amide bonds. The summed E-state index contributed by atoms with van der Waals surface area (Å²) in [7, 11) is 0. The predicted molar refractivity (Wildman–Crippen MR) is 358 cm³/mol. The third-order valence-electron chi connectivity index (χ3n) is 17.5. The van der Waals surface area contributed by atoms with Gasteiger partial charge in [0.25, 0.3) is 0 Å². The highest BCUT2D eigenvalue weighted by molar-refractivity contribution is 5.71.